The van der Waals surface area contributed by atoms with Gasteiger partial charge < -0.3 is 23.7 Å². The van der Waals surface area contributed by atoms with Gasteiger partial charge in [0.1, 0.15) is 11.4 Å². The van der Waals surface area contributed by atoms with Crippen LogP contribution in [-0.4, -0.2) is 50.8 Å². The van der Waals surface area contributed by atoms with Gasteiger partial charge in [0.15, 0.2) is 30.0 Å². The molecule has 0 unspecified atom stereocenters. The number of hydrogen-bond donors (Lipinski definition) is 0. The van der Waals surface area contributed by atoms with E-state index in [0.717, 1.165) is 38.9 Å². The Balaban J connectivity index is 0.000000215. The molecule has 5 nitrogen and oxygen atoms in total. The first-order valence-electron chi connectivity index (χ1n) is 15.6. The maximum Gasteiger partial charge on any atom is 0.400 e. The molecule has 0 radical (unpaired) electrons. The number of alkyl halides is 3. The third-order valence-corrected chi connectivity index (χ3v) is 9.15. The number of hydrogen-bond acceptors (Lipinski definition) is 5. The fraction of sp³-hybridized carbons (Fsp3) is 0.812. The van der Waals surface area contributed by atoms with Gasteiger partial charge in [0, 0.05) is 35.8 Å². The van der Waals surface area contributed by atoms with E-state index in [9.17, 15) is 26.3 Å². The van der Waals surface area contributed by atoms with Crippen molar-refractivity contribution in [3.05, 3.63) is 29.6 Å². The highest BCUT2D eigenvalue weighted by molar-refractivity contribution is 5.25. The average molecular weight is 625 g/mol. The van der Waals surface area contributed by atoms with Crippen molar-refractivity contribution < 1.29 is 50.0 Å². The SMILES string of the molecule is CC1COC(C2CCC(C(C)(C)F)CC2)OC1.CC1COC(C2CCC(C(F)(F)Oc3cc(F)c(F)c(F)c3)CC2)OC1. The van der Waals surface area contributed by atoms with E-state index in [1.807, 2.05) is 6.92 Å². The lowest BCUT2D eigenvalue weighted by Crippen LogP contribution is -2.41. The minimum Gasteiger partial charge on any atom is -0.432 e. The minimum atomic E-state index is -3.61. The maximum absolute atomic E-state index is 14.4. The van der Waals surface area contributed by atoms with E-state index < -0.39 is 40.9 Å². The summed E-state index contributed by atoms with van der Waals surface area (Å²) in [5.74, 6) is -5.15. The molecular formula is C32H46F6O5. The summed E-state index contributed by atoms with van der Waals surface area (Å²) < 4.78 is 109. The van der Waals surface area contributed by atoms with Gasteiger partial charge in [0.25, 0.3) is 0 Å². The topological polar surface area (TPSA) is 46.2 Å². The Morgan fingerprint density at radius 2 is 1.00 bits per heavy atom. The maximum atomic E-state index is 14.4. The van der Waals surface area contributed by atoms with Gasteiger partial charge in [-0.3, -0.25) is 0 Å². The summed E-state index contributed by atoms with van der Waals surface area (Å²) in [7, 11) is 0. The highest BCUT2D eigenvalue weighted by Gasteiger charge is 2.46. The highest BCUT2D eigenvalue weighted by Crippen LogP contribution is 2.43. The summed E-state index contributed by atoms with van der Waals surface area (Å²) >= 11 is 0. The van der Waals surface area contributed by atoms with Crippen molar-refractivity contribution in [3.8, 4) is 5.75 Å². The van der Waals surface area contributed by atoms with E-state index in [1.54, 1.807) is 13.8 Å². The van der Waals surface area contributed by atoms with E-state index in [2.05, 4.69) is 11.7 Å². The second kappa shape index (κ2) is 14.7. The lowest BCUT2D eigenvalue weighted by atomic mass is 9.75. The van der Waals surface area contributed by atoms with Crippen LogP contribution in [0.1, 0.15) is 79.1 Å². The van der Waals surface area contributed by atoms with Crippen LogP contribution in [0.3, 0.4) is 0 Å². The van der Waals surface area contributed by atoms with Crippen LogP contribution in [0, 0.1) is 53.0 Å². The second-order valence-electron chi connectivity index (χ2n) is 13.4. The van der Waals surface area contributed by atoms with Gasteiger partial charge in [-0.1, -0.05) is 13.8 Å². The molecule has 0 bridgehead atoms. The Hall–Kier alpha value is -1.56. The van der Waals surface area contributed by atoms with Gasteiger partial charge in [0.2, 0.25) is 0 Å². The molecule has 11 heteroatoms. The summed E-state index contributed by atoms with van der Waals surface area (Å²) in [6, 6.07) is 0.839. The fourth-order valence-electron chi connectivity index (χ4n) is 6.41. The van der Waals surface area contributed by atoms with Crippen molar-refractivity contribution >= 4 is 0 Å². The van der Waals surface area contributed by atoms with Crippen LogP contribution in [0.25, 0.3) is 0 Å². The molecule has 0 amide bonds. The molecule has 0 spiro atoms. The predicted octanol–water partition coefficient (Wildman–Crippen LogP) is 8.44. The van der Waals surface area contributed by atoms with Crippen LogP contribution < -0.4 is 4.74 Å². The van der Waals surface area contributed by atoms with E-state index in [-0.39, 0.29) is 37.3 Å². The average Bonchev–Trinajstić information content (AvgIpc) is 2.96. The zero-order valence-corrected chi connectivity index (χ0v) is 25.6. The zero-order chi connectivity index (χ0) is 31.4. The summed E-state index contributed by atoms with van der Waals surface area (Å²) in [4.78, 5) is 0. The molecule has 1 aromatic carbocycles. The standard InChI is InChI=1S/C18H21F5O3.C14H25FO2/c1-10-8-24-17(25-9-10)11-2-4-12(5-3-11)18(22,23)26-13-6-14(19)16(21)15(20)7-13;1-10-8-16-13(17-9-10)11-4-6-12(7-5-11)14(2,3)15/h6-7,10-12,17H,2-5,8-9H2,1H3;10-13H,4-9H2,1-3H3. The Morgan fingerprint density at radius 3 is 1.37 bits per heavy atom. The van der Waals surface area contributed by atoms with Crippen LogP contribution in [0.2, 0.25) is 0 Å². The Morgan fingerprint density at radius 1 is 0.628 bits per heavy atom. The van der Waals surface area contributed by atoms with Crippen LogP contribution >= 0.6 is 0 Å². The molecule has 5 rings (SSSR count). The van der Waals surface area contributed by atoms with Crippen molar-refractivity contribution in [2.45, 2.75) is 103 Å². The Labute approximate surface area is 250 Å². The van der Waals surface area contributed by atoms with E-state index in [1.165, 1.54) is 0 Å². The Bertz CT molecular complexity index is 981. The minimum absolute atomic E-state index is 0.0325. The normalized spacial score (nSPS) is 34.2. The first kappa shape index (κ1) is 34.3. The lowest BCUT2D eigenvalue weighted by Gasteiger charge is -2.39. The van der Waals surface area contributed by atoms with Crippen LogP contribution in [0.4, 0.5) is 26.3 Å². The monoisotopic (exact) mass is 624 g/mol. The molecule has 1 aromatic rings. The fourth-order valence-corrected chi connectivity index (χ4v) is 6.41. The molecule has 2 heterocycles. The molecule has 0 aromatic heterocycles. The molecule has 2 aliphatic heterocycles. The zero-order valence-electron chi connectivity index (χ0n) is 25.6. The molecule has 2 saturated carbocycles. The van der Waals surface area contributed by atoms with Gasteiger partial charge in [-0.05, 0) is 71.1 Å². The van der Waals surface area contributed by atoms with Gasteiger partial charge in [-0.15, -0.1) is 0 Å². The number of benzene rings is 1. The van der Waals surface area contributed by atoms with E-state index in [0.29, 0.717) is 55.9 Å². The summed E-state index contributed by atoms with van der Waals surface area (Å²) in [5, 5.41) is 0. The smallest absolute Gasteiger partial charge is 0.400 e. The summed E-state index contributed by atoms with van der Waals surface area (Å²) in [6.45, 7) is 10.3. The van der Waals surface area contributed by atoms with Crippen LogP contribution in [0.5, 0.6) is 5.75 Å². The largest absolute Gasteiger partial charge is 0.432 e. The van der Waals surface area contributed by atoms with Gasteiger partial charge in [-0.2, -0.15) is 8.78 Å². The van der Waals surface area contributed by atoms with Gasteiger partial charge >= 0.3 is 6.11 Å². The molecule has 246 valence electrons. The van der Waals surface area contributed by atoms with Crippen molar-refractivity contribution in [2.24, 2.45) is 35.5 Å². The Kier molecular flexibility index (Phi) is 11.7. The first-order valence-corrected chi connectivity index (χ1v) is 15.6. The molecule has 2 aliphatic carbocycles. The molecular weight excluding hydrogens is 578 g/mol. The third kappa shape index (κ3) is 9.47. The van der Waals surface area contributed by atoms with Crippen LogP contribution in [0.15, 0.2) is 12.1 Å². The second-order valence-corrected chi connectivity index (χ2v) is 13.4. The number of ether oxygens (including phenoxy) is 5. The van der Waals surface area contributed by atoms with E-state index >= 15 is 0 Å². The summed E-state index contributed by atoms with van der Waals surface area (Å²) in [5.41, 5.74) is -1.03. The van der Waals surface area contributed by atoms with Crippen molar-refractivity contribution in [3.63, 3.8) is 0 Å². The van der Waals surface area contributed by atoms with Crippen molar-refractivity contribution in [2.75, 3.05) is 26.4 Å². The third-order valence-electron chi connectivity index (χ3n) is 9.15. The molecule has 0 N–H and O–H groups in total. The van der Waals surface area contributed by atoms with Gasteiger partial charge in [-0.25, -0.2) is 17.6 Å². The number of rotatable bonds is 6. The summed E-state index contributed by atoms with van der Waals surface area (Å²) in [6.07, 6.45) is 1.30. The van der Waals surface area contributed by atoms with Crippen molar-refractivity contribution in [1.82, 2.24) is 0 Å². The first-order chi connectivity index (χ1) is 20.2. The number of halogens is 6. The molecule has 4 fully saturated rings. The molecule has 43 heavy (non-hydrogen) atoms. The molecule has 4 aliphatic rings. The van der Waals surface area contributed by atoms with Crippen LogP contribution in [-0.2, 0) is 18.9 Å². The van der Waals surface area contributed by atoms with Crippen molar-refractivity contribution in [1.29, 1.82) is 0 Å². The van der Waals surface area contributed by atoms with E-state index in [4.69, 9.17) is 18.9 Å². The quantitative estimate of drug-likeness (QED) is 0.235. The predicted molar refractivity (Wildman–Crippen MR) is 148 cm³/mol. The van der Waals surface area contributed by atoms with Gasteiger partial charge in [0.05, 0.1) is 32.3 Å². The molecule has 0 atom stereocenters. The highest BCUT2D eigenvalue weighted by atomic mass is 19.3. The molecule has 2 saturated heterocycles. The lowest BCUT2D eigenvalue weighted by molar-refractivity contribution is -0.246.